The summed E-state index contributed by atoms with van der Waals surface area (Å²) in [5.41, 5.74) is 8.54. The second kappa shape index (κ2) is 15.5. The number of aliphatic hydroxyl groups is 1. The lowest BCUT2D eigenvalue weighted by Gasteiger charge is -2.24. The van der Waals surface area contributed by atoms with Crippen molar-refractivity contribution in [1.82, 2.24) is 19.9 Å². The molecule has 0 aliphatic heterocycles. The van der Waals surface area contributed by atoms with E-state index in [1.54, 1.807) is 12.4 Å². The fraction of sp³-hybridized carbons (Fsp3) is 0.277. The fourth-order valence-electron chi connectivity index (χ4n) is 6.25. The number of phenols is 1. The van der Waals surface area contributed by atoms with Crippen LogP contribution in [-0.2, 0) is 6.42 Å². The highest BCUT2D eigenvalue weighted by Crippen LogP contribution is 2.41. The van der Waals surface area contributed by atoms with Gasteiger partial charge in [0.15, 0.2) is 0 Å². The Morgan fingerprint density at radius 3 is 1.77 bits per heavy atom. The molecule has 1 aliphatic rings. The molecule has 53 heavy (non-hydrogen) atoms. The van der Waals surface area contributed by atoms with Crippen molar-refractivity contribution in [2.45, 2.75) is 74.1 Å². The molecule has 7 rings (SSSR count). The summed E-state index contributed by atoms with van der Waals surface area (Å²) >= 11 is 0. The molecule has 0 atom stereocenters. The van der Waals surface area contributed by atoms with Crippen molar-refractivity contribution in [3.05, 3.63) is 138 Å². The van der Waals surface area contributed by atoms with Gasteiger partial charge < -0.3 is 10.2 Å². The Morgan fingerprint density at radius 1 is 0.642 bits per heavy atom. The van der Waals surface area contributed by atoms with Gasteiger partial charge in [0.1, 0.15) is 11.5 Å². The van der Waals surface area contributed by atoms with Crippen LogP contribution in [0.4, 0.5) is 0 Å². The van der Waals surface area contributed by atoms with Gasteiger partial charge in [-0.15, -0.1) is 0 Å². The second-order valence-corrected chi connectivity index (χ2v) is 16.1. The highest BCUT2D eigenvalue weighted by molar-refractivity contribution is 6.04. The van der Waals surface area contributed by atoms with Crippen LogP contribution in [0.3, 0.4) is 0 Å². The third kappa shape index (κ3) is 8.89. The van der Waals surface area contributed by atoms with Crippen molar-refractivity contribution >= 4 is 33.0 Å². The van der Waals surface area contributed by atoms with E-state index in [0.717, 1.165) is 58.7 Å². The van der Waals surface area contributed by atoms with Crippen LogP contribution < -0.4 is 0 Å². The molecule has 4 heterocycles. The zero-order valence-corrected chi connectivity index (χ0v) is 32.0. The summed E-state index contributed by atoms with van der Waals surface area (Å²) in [5, 5.41) is 25.2. The normalized spacial score (nSPS) is 16.6. The topological polar surface area (TPSA) is 92.0 Å². The van der Waals surface area contributed by atoms with Crippen LogP contribution in [0.2, 0.25) is 0 Å². The van der Waals surface area contributed by atoms with Crippen LogP contribution in [0.1, 0.15) is 84.7 Å². The molecule has 1 aliphatic carbocycles. The van der Waals surface area contributed by atoms with Gasteiger partial charge in [0.2, 0.25) is 0 Å². The highest BCUT2D eigenvalue weighted by atomic mass is 16.3. The van der Waals surface area contributed by atoms with E-state index in [0.29, 0.717) is 44.8 Å². The summed E-state index contributed by atoms with van der Waals surface area (Å²) in [6.45, 7) is 15.5. The second-order valence-electron chi connectivity index (χ2n) is 16.1. The molecule has 4 aromatic heterocycles. The van der Waals surface area contributed by atoms with E-state index in [2.05, 4.69) is 76.6 Å². The minimum absolute atomic E-state index is 0.0836. The molecular weight excluding hydrogens is 653 g/mol. The van der Waals surface area contributed by atoms with Crippen LogP contribution >= 0.6 is 0 Å². The first-order valence-corrected chi connectivity index (χ1v) is 18.5. The maximum Gasteiger partial charge on any atom is 0.134 e. The summed E-state index contributed by atoms with van der Waals surface area (Å²) in [5.74, 6) is 0.292. The predicted octanol–water partition coefficient (Wildman–Crippen LogP) is 12.3. The molecule has 6 heteroatoms. The molecule has 0 unspecified atom stereocenters. The number of aliphatic hydroxyl groups excluding tert-OH is 1. The van der Waals surface area contributed by atoms with Gasteiger partial charge in [-0.3, -0.25) is 9.97 Å². The van der Waals surface area contributed by atoms with E-state index in [1.807, 2.05) is 84.9 Å². The van der Waals surface area contributed by atoms with Crippen molar-refractivity contribution in [3.8, 4) is 28.3 Å². The summed E-state index contributed by atoms with van der Waals surface area (Å²) < 4.78 is 0. The Morgan fingerprint density at radius 2 is 1.19 bits per heavy atom. The van der Waals surface area contributed by atoms with Gasteiger partial charge in [0.05, 0.1) is 33.8 Å². The lowest BCUT2D eigenvalue weighted by atomic mass is 9.82. The molecule has 0 saturated heterocycles. The van der Waals surface area contributed by atoms with Crippen molar-refractivity contribution < 1.29 is 10.2 Å². The molecule has 0 fully saturated rings. The van der Waals surface area contributed by atoms with E-state index >= 15 is 0 Å². The van der Waals surface area contributed by atoms with Crippen LogP contribution in [-0.4, -0.2) is 30.1 Å². The zero-order valence-electron chi connectivity index (χ0n) is 32.0. The number of phenolic OH excluding ortho intramolecular Hbond substituents is 1. The van der Waals surface area contributed by atoms with Crippen molar-refractivity contribution in [1.29, 1.82) is 0 Å². The standard InChI is InChI=1S/C42H38N4O2.C5H12/c1-4-42(2,3)26-27-24-32(35-15-9-11-23-44-35)41(48)33(25-27)37-21-19-29-17-16-28-18-20-36(45-38(28)39(29)46-37)31-13-7-5-6-12-30(40(31)47)34-14-8-10-22-43-34;1-5(2,3)4/h7-25,47-48H,4-6,26H2,1-3H3;1-4H3/b13-7-,30-12-,40-31-;. The Kier molecular flexibility index (Phi) is 10.9. The van der Waals surface area contributed by atoms with Crippen molar-refractivity contribution in [3.63, 3.8) is 0 Å². The Labute approximate surface area is 313 Å². The number of allylic oxidation sites excluding steroid dienone is 5. The van der Waals surface area contributed by atoms with E-state index in [9.17, 15) is 10.2 Å². The van der Waals surface area contributed by atoms with Crippen LogP contribution in [0.25, 0.3) is 55.5 Å². The molecule has 0 saturated carbocycles. The average molecular weight is 703 g/mol. The first-order chi connectivity index (χ1) is 25.3. The van der Waals surface area contributed by atoms with Crippen LogP contribution in [0.5, 0.6) is 5.75 Å². The summed E-state index contributed by atoms with van der Waals surface area (Å²) in [4.78, 5) is 19.4. The van der Waals surface area contributed by atoms with Crippen LogP contribution in [0.15, 0.2) is 121 Å². The zero-order chi connectivity index (χ0) is 37.8. The van der Waals surface area contributed by atoms with E-state index in [1.165, 1.54) is 0 Å². The third-order valence-electron chi connectivity index (χ3n) is 9.24. The number of pyridine rings is 4. The Bertz CT molecular complexity index is 2330. The van der Waals surface area contributed by atoms with Gasteiger partial charge in [-0.1, -0.05) is 110 Å². The van der Waals surface area contributed by atoms with Crippen molar-refractivity contribution in [2.24, 2.45) is 10.8 Å². The first-order valence-electron chi connectivity index (χ1n) is 18.5. The minimum Gasteiger partial charge on any atom is -0.507 e. The highest BCUT2D eigenvalue weighted by Gasteiger charge is 2.22. The van der Waals surface area contributed by atoms with E-state index in [4.69, 9.17) is 9.97 Å². The molecule has 270 valence electrons. The number of benzene rings is 2. The number of aromatic nitrogens is 4. The molecule has 2 aromatic carbocycles. The van der Waals surface area contributed by atoms with Gasteiger partial charge in [-0.25, -0.2) is 9.97 Å². The summed E-state index contributed by atoms with van der Waals surface area (Å²) in [6, 6.07) is 27.6. The molecule has 0 amide bonds. The number of hydrogen-bond acceptors (Lipinski definition) is 6. The van der Waals surface area contributed by atoms with Gasteiger partial charge in [0, 0.05) is 45.4 Å². The quantitative estimate of drug-likeness (QED) is 0.161. The van der Waals surface area contributed by atoms with Gasteiger partial charge in [0.25, 0.3) is 0 Å². The molecule has 0 bridgehead atoms. The largest absolute Gasteiger partial charge is 0.507 e. The monoisotopic (exact) mass is 702 g/mol. The number of aromatic hydroxyl groups is 1. The molecule has 0 spiro atoms. The summed E-state index contributed by atoms with van der Waals surface area (Å²) in [7, 11) is 0. The van der Waals surface area contributed by atoms with Crippen molar-refractivity contribution in [2.75, 3.05) is 0 Å². The third-order valence-corrected chi connectivity index (χ3v) is 9.24. The number of fused-ring (bicyclic) bond motifs is 3. The lowest BCUT2D eigenvalue weighted by Crippen LogP contribution is -2.13. The Hall–Kier alpha value is -5.62. The summed E-state index contributed by atoms with van der Waals surface area (Å²) in [6.07, 6.45) is 13.0. The van der Waals surface area contributed by atoms with Crippen LogP contribution in [0, 0.1) is 10.8 Å². The maximum absolute atomic E-state index is 11.7. The Balaban J connectivity index is 0.000000902. The van der Waals surface area contributed by atoms with E-state index < -0.39 is 0 Å². The van der Waals surface area contributed by atoms with E-state index in [-0.39, 0.29) is 16.9 Å². The minimum atomic E-state index is 0.0836. The molecule has 6 aromatic rings. The number of rotatable bonds is 7. The average Bonchev–Trinajstić information content (AvgIpc) is 3.13. The molecule has 0 radical (unpaired) electrons. The lowest BCUT2D eigenvalue weighted by molar-refractivity contribution is 0.349. The molecular formula is C47H50N4O2. The van der Waals surface area contributed by atoms with Gasteiger partial charge >= 0.3 is 0 Å². The smallest absolute Gasteiger partial charge is 0.134 e. The van der Waals surface area contributed by atoms with Gasteiger partial charge in [-0.05, 0) is 84.2 Å². The maximum atomic E-state index is 11.7. The molecule has 2 N–H and O–H groups in total. The molecule has 6 nitrogen and oxygen atoms in total. The van der Waals surface area contributed by atoms with Gasteiger partial charge in [-0.2, -0.15) is 0 Å². The predicted molar refractivity (Wildman–Crippen MR) is 220 cm³/mol. The fourth-order valence-corrected chi connectivity index (χ4v) is 6.25. The number of nitrogens with zero attached hydrogens (tertiary/aromatic N) is 4. The first kappa shape index (κ1) is 37.1. The number of hydrogen-bond donors (Lipinski definition) is 2. The SMILES string of the molecule is CC(C)(C)C.CCC(C)(C)Cc1cc(-c2ccccn2)c(O)c(-c2ccc3ccc4ccc(C5=C(O)/C(c6ccccn6)=C\CC/C=C\5)nc4c3n2)c1.